The maximum Gasteiger partial charge on any atom is 0.261 e. The third-order valence-electron chi connectivity index (χ3n) is 2.30. The third-order valence-corrected chi connectivity index (χ3v) is 2.30. The number of benzene rings is 2. The van der Waals surface area contributed by atoms with E-state index < -0.39 is 0 Å². The molecule has 0 atom stereocenters. The lowest BCUT2D eigenvalue weighted by atomic mass is 10.1. The topological polar surface area (TPSA) is 34.1 Å². The maximum atomic E-state index is 10.0. The molecule has 2 nitrogen and oxygen atoms in total. The van der Waals surface area contributed by atoms with Crippen LogP contribution in [0, 0.1) is 20.8 Å². The average Bonchev–Trinajstić information content (AvgIpc) is 2.41. The summed E-state index contributed by atoms with van der Waals surface area (Å²) in [6, 6.07) is 15.7. The van der Waals surface area contributed by atoms with Crippen LogP contribution in [-0.2, 0) is 4.57 Å². The molecule has 2 rings (SSSR count). The molecule has 0 heterocycles. The number of carbonyl (C=O) groups is 1. The summed E-state index contributed by atoms with van der Waals surface area (Å²) in [5.41, 5.74) is 4.79. The van der Waals surface area contributed by atoms with Gasteiger partial charge in [0.1, 0.15) is 6.29 Å². The molecular weight excluding hydrogens is 255 g/mol. The molecule has 0 aliphatic rings. The highest BCUT2D eigenvalue weighted by Gasteiger charge is 1.87. The zero-order valence-electron chi connectivity index (χ0n) is 11.5. The second kappa shape index (κ2) is 10.2. The van der Waals surface area contributed by atoms with Gasteiger partial charge in [-0.15, -0.1) is 0 Å². The monoisotopic (exact) mass is 273 g/mol. The van der Waals surface area contributed by atoms with Gasteiger partial charge < -0.3 is 0 Å². The number of rotatable bonds is 1. The number of aldehydes is 1. The summed E-state index contributed by atoms with van der Waals surface area (Å²) in [6.45, 7) is 6.38. The summed E-state index contributed by atoms with van der Waals surface area (Å²) in [5.74, 6) is 0. The zero-order chi connectivity index (χ0) is 14.7. The van der Waals surface area contributed by atoms with Gasteiger partial charge in [-0.2, -0.15) is 0 Å². The van der Waals surface area contributed by atoms with Crippen LogP contribution in [0.25, 0.3) is 0 Å². The zero-order valence-corrected chi connectivity index (χ0v) is 12.4. The molecule has 0 saturated carbocycles. The van der Waals surface area contributed by atoms with Gasteiger partial charge in [-0.05, 0) is 20.8 Å². The Morgan fingerprint density at radius 1 is 0.789 bits per heavy atom. The van der Waals surface area contributed by atoms with Crippen LogP contribution in [-0.4, -0.2) is 6.29 Å². The van der Waals surface area contributed by atoms with Gasteiger partial charge in [0.15, 0.2) is 0 Å². The van der Waals surface area contributed by atoms with Crippen molar-refractivity contribution in [1.82, 2.24) is 0 Å². The first kappa shape index (κ1) is 17.2. The maximum absolute atomic E-state index is 10.0. The van der Waals surface area contributed by atoms with Crippen molar-refractivity contribution in [2.45, 2.75) is 20.8 Å². The van der Waals surface area contributed by atoms with Gasteiger partial charge in [0.2, 0.25) is 0 Å². The van der Waals surface area contributed by atoms with Crippen molar-refractivity contribution in [2.24, 2.45) is 0 Å². The fourth-order valence-corrected chi connectivity index (χ4v) is 1.73. The van der Waals surface area contributed by atoms with Crippen molar-refractivity contribution < 1.29 is 9.36 Å². The highest BCUT2D eigenvalue weighted by atomic mass is 31.0. The molecule has 0 bridgehead atoms. The Labute approximate surface area is 117 Å². The van der Waals surface area contributed by atoms with Crippen molar-refractivity contribution >= 4 is 15.4 Å². The Bertz CT molecular complexity index is 445. The Kier molecular flexibility index (Phi) is 9.20. The molecule has 2 aromatic carbocycles. The highest BCUT2D eigenvalue weighted by Crippen LogP contribution is 2.06. The van der Waals surface area contributed by atoms with Crippen LogP contribution >= 0.6 is 9.12 Å². The fourth-order valence-electron chi connectivity index (χ4n) is 1.73. The smallest absolute Gasteiger partial charge is 0.261 e. The van der Waals surface area contributed by atoms with E-state index in [2.05, 4.69) is 48.1 Å². The molecule has 0 saturated heterocycles. The highest BCUT2D eigenvalue weighted by molar-refractivity contribution is 7.00. The van der Waals surface area contributed by atoms with E-state index >= 15 is 0 Å². The van der Waals surface area contributed by atoms with Crippen LogP contribution in [0.2, 0.25) is 0 Å². The van der Waals surface area contributed by atoms with Crippen LogP contribution in [0.4, 0.5) is 0 Å². The molecular formula is C16H18O2P. The lowest BCUT2D eigenvalue weighted by Crippen LogP contribution is -1.78. The van der Waals surface area contributed by atoms with E-state index in [0.717, 1.165) is 11.8 Å². The van der Waals surface area contributed by atoms with E-state index in [9.17, 15) is 4.79 Å². The van der Waals surface area contributed by atoms with Crippen LogP contribution in [0.1, 0.15) is 27.0 Å². The molecule has 0 aromatic heterocycles. The Morgan fingerprint density at radius 2 is 1.16 bits per heavy atom. The first-order chi connectivity index (χ1) is 9.11. The summed E-state index contributed by atoms with van der Waals surface area (Å²) >= 11 is 0. The molecule has 19 heavy (non-hydrogen) atoms. The van der Waals surface area contributed by atoms with Crippen LogP contribution in [0.15, 0.2) is 48.5 Å². The molecule has 0 aliphatic heterocycles. The summed E-state index contributed by atoms with van der Waals surface area (Å²) in [5, 5.41) is 0. The van der Waals surface area contributed by atoms with E-state index in [4.69, 9.17) is 4.57 Å². The van der Waals surface area contributed by atoms with Crippen LogP contribution in [0.3, 0.4) is 0 Å². The van der Waals surface area contributed by atoms with Crippen LogP contribution in [0.5, 0.6) is 0 Å². The molecule has 1 radical (unpaired) electrons. The van der Waals surface area contributed by atoms with Gasteiger partial charge in [-0.25, -0.2) is 0 Å². The molecule has 0 amide bonds. The lowest BCUT2D eigenvalue weighted by molar-refractivity contribution is 0.112. The normalized spacial score (nSPS) is 8.37. The quantitative estimate of drug-likeness (QED) is 0.549. The first-order valence-electron chi connectivity index (χ1n) is 5.85. The Hall–Kier alpha value is -1.79. The lowest BCUT2D eigenvalue weighted by Gasteiger charge is -1.96. The predicted octanol–water partition coefficient (Wildman–Crippen LogP) is 4.85. The number of hydrogen-bond acceptors (Lipinski definition) is 2. The van der Waals surface area contributed by atoms with Gasteiger partial charge in [0, 0.05) is 5.56 Å². The van der Waals surface area contributed by atoms with Gasteiger partial charge >= 0.3 is 0 Å². The largest absolute Gasteiger partial charge is 0.298 e. The summed E-state index contributed by atoms with van der Waals surface area (Å²) < 4.78 is 7.94. The molecule has 3 heteroatoms. The molecule has 0 N–H and O–H groups in total. The van der Waals surface area contributed by atoms with E-state index in [-0.39, 0.29) is 0 Å². The van der Waals surface area contributed by atoms with Gasteiger partial charge in [0.05, 0.1) is 0 Å². The summed E-state index contributed by atoms with van der Waals surface area (Å²) in [4.78, 5) is 10.0. The van der Waals surface area contributed by atoms with E-state index in [1.807, 2.05) is 18.2 Å². The standard InChI is InChI=1S/C9H12.C7H6O.OP/c1-7-4-8(2)6-9(3)5-7;8-6-7-4-2-1-3-5-7;1-2/h4-6H,1-3H3;1-6H;. The minimum atomic E-state index is 0.729. The van der Waals surface area contributed by atoms with Crippen molar-refractivity contribution in [1.29, 1.82) is 0 Å². The minimum Gasteiger partial charge on any atom is -0.298 e. The van der Waals surface area contributed by atoms with Crippen molar-refractivity contribution in [2.75, 3.05) is 0 Å². The summed E-state index contributed by atoms with van der Waals surface area (Å²) in [7, 11) is 2.28. The SMILES string of the molecule is Cc1cc(C)cc(C)c1.O=Cc1ccccc1.O=[P]. The van der Waals surface area contributed by atoms with Crippen LogP contribution < -0.4 is 0 Å². The van der Waals surface area contributed by atoms with Gasteiger partial charge in [-0.3, -0.25) is 9.36 Å². The Balaban J connectivity index is 0.000000303. The van der Waals surface area contributed by atoms with Crippen molar-refractivity contribution in [3.8, 4) is 0 Å². The molecule has 0 aliphatic carbocycles. The van der Waals surface area contributed by atoms with Gasteiger partial charge in [-0.1, -0.05) is 65.2 Å². The van der Waals surface area contributed by atoms with E-state index in [0.29, 0.717) is 0 Å². The average molecular weight is 273 g/mol. The van der Waals surface area contributed by atoms with E-state index in [1.165, 1.54) is 16.7 Å². The van der Waals surface area contributed by atoms with Crippen molar-refractivity contribution in [3.63, 3.8) is 0 Å². The minimum absolute atomic E-state index is 0.729. The van der Waals surface area contributed by atoms with Crippen molar-refractivity contribution in [3.05, 3.63) is 70.8 Å². The number of hydrogen-bond donors (Lipinski definition) is 0. The van der Waals surface area contributed by atoms with Gasteiger partial charge in [0.25, 0.3) is 9.12 Å². The number of carbonyl (C=O) groups excluding carboxylic acids is 1. The second-order valence-electron chi connectivity index (χ2n) is 4.19. The van der Waals surface area contributed by atoms with E-state index in [1.54, 1.807) is 12.1 Å². The third kappa shape index (κ3) is 8.01. The first-order valence-corrected chi connectivity index (χ1v) is 6.21. The summed E-state index contributed by atoms with van der Waals surface area (Å²) in [6.07, 6.45) is 0.833. The molecule has 0 spiro atoms. The Morgan fingerprint density at radius 3 is 1.42 bits per heavy atom. The molecule has 0 unspecified atom stereocenters. The fraction of sp³-hybridized carbons (Fsp3) is 0.188. The molecule has 2 aromatic rings. The number of aryl methyl sites for hydroxylation is 3. The molecule has 99 valence electrons. The second-order valence-corrected chi connectivity index (χ2v) is 4.19. The molecule has 0 fully saturated rings. The predicted molar refractivity (Wildman–Crippen MR) is 80.1 cm³/mol.